The van der Waals surface area contributed by atoms with Crippen LogP contribution in [0.3, 0.4) is 0 Å². The maximum atomic E-state index is 4.03. The summed E-state index contributed by atoms with van der Waals surface area (Å²) in [6.07, 6.45) is 5.32. The molecule has 1 aromatic carbocycles. The van der Waals surface area contributed by atoms with E-state index in [9.17, 15) is 0 Å². The first-order chi connectivity index (χ1) is 5.95. The summed E-state index contributed by atoms with van der Waals surface area (Å²) >= 11 is 0. The molecule has 0 atom stereocenters. The van der Waals surface area contributed by atoms with Gasteiger partial charge in [0.2, 0.25) is 0 Å². The fourth-order valence-electron chi connectivity index (χ4n) is 1.14. The number of aromatic nitrogens is 2. The number of rotatable bonds is 2. The van der Waals surface area contributed by atoms with Crippen molar-refractivity contribution < 1.29 is 0 Å². The summed E-state index contributed by atoms with van der Waals surface area (Å²) in [6.45, 7) is 0. The predicted molar refractivity (Wildman–Crippen MR) is 46.7 cm³/mol. The van der Waals surface area contributed by atoms with Gasteiger partial charge < -0.3 is 4.98 Å². The van der Waals surface area contributed by atoms with Crippen LogP contribution in [0.1, 0.15) is 11.4 Å². The van der Waals surface area contributed by atoms with Crippen LogP contribution in [0.25, 0.3) is 0 Å². The van der Waals surface area contributed by atoms with Crippen LogP contribution >= 0.6 is 0 Å². The Kier molecular flexibility index (Phi) is 1.90. The van der Waals surface area contributed by atoms with Gasteiger partial charge in [-0.05, 0) is 5.56 Å². The molecule has 0 saturated carbocycles. The van der Waals surface area contributed by atoms with Crippen LogP contribution in [0.5, 0.6) is 0 Å². The number of aromatic amines is 1. The van der Waals surface area contributed by atoms with Crippen molar-refractivity contribution in [3.8, 4) is 0 Å². The molecule has 1 radical (unpaired) electrons. The van der Waals surface area contributed by atoms with Gasteiger partial charge in [0.1, 0.15) is 12.0 Å². The zero-order valence-corrected chi connectivity index (χ0v) is 6.62. The van der Waals surface area contributed by atoms with Crippen LogP contribution in [-0.2, 0) is 6.42 Å². The molecule has 2 aromatic rings. The Morgan fingerprint density at radius 1 is 1.25 bits per heavy atom. The van der Waals surface area contributed by atoms with Crippen molar-refractivity contribution in [2.24, 2.45) is 0 Å². The molecule has 0 bridgehead atoms. The van der Waals surface area contributed by atoms with Gasteiger partial charge in [0, 0.05) is 12.6 Å². The number of H-pyrrole nitrogens is 1. The van der Waals surface area contributed by atoms with Gasteiger partial charge in [0.15, 0.2) is 0 Å². The Bertz CT molecular complexity index is 324. The Morgan fingerprint density at radius 2 is 2.08 bits per heavy atom. The van der Waals surface area contributed by atoms with E-state index in [0.717, 1.165) is 12.2 Å². The first-order valence-electron chi connectivity index (χ1n) is 3.89. The summed E-state index contributed by atoms with van der Waals surface area (Å²) in [5.74, 6) is 0.959. The van der Waals surface area contributed by atoms with Crippen molar-refractivity contribution in [3.63, 3.8) is 0 Å². The molecule has 0 fully saturated rings. The molecular formula is C10H9N2. The smallest absolute Gasteiger partial charge is 0.111 e. The van der Waals surface area contributed by atoms with E-state index in [1.54, 1.807) is 6.20 Å². The largest absolute Gasteiger partial charge is 0.348 e. The first kappa shape index (κ1) is 7.10. The maximum absolute atomic E-state index is 4.03. The number of imidazole rings is 1. The first-order valence-corrected chi connectivity index (χ1v) is 3.89. The van der Waals surface area contributed by atoms with E-state index >= 15 is 0 Å². The summed E-state index contributed by atoms with van der Waals surface area (Å²) in [7, 11) is 0. The second kappa shape index (κ2) is 3.22. The van der Waals surface area contributed by atoms with Crippen LogP contribution in [0.4, 0.5) is 0 Å². The minimum absolute atomic E-state index is 0.852. The molecule has 12 heavy (non-hydrogen) atoms. The average molecular weight is 157 g/mol. The van der Waals surface area contributed by atoms with Crippen molar-refractivity contribution in [3.05, 3.63) is 54.1 Å². The number of hydrogen-bond acceptors (Lipinski definition) is 1. The molecule has 0 aliphatic carbocycles. The van der Waals surface area contributed by atoms with E-state index in [2.05, 4.69) is 28.3 Å². The van der Waals surface area contributed by atoms with Crippen LogP contribution in [0, 0.1) is 6.20 Å². The monoisotopic (exact) mass is 157 g/mol. The molecule has 1 heterocycles. The molecule has 0 saturated heterocycles. The standard InChI is InChI=1S/C10H9N2/c1-2-4-9(5-3-1)8-10-11-6-7-12-10/h1-6H,8H2,(H,11,12). The zero-order valence-electron chi connectivity index (χ0n) is 6.62. The highest BCUT2D eigenvalue weighted by Crippen LogP contribution is 2.03. The van der Waals surface area contributed by atoms with E-state index in [0.29, 0.717) is 0 Å². The fraction of sp³-hybridized carbons (Fsp3) is 0.100. The van der Waals surface area contributed by atoms with Crippen molar-refractivity contribution >= 4 is 0 Å². The lowest BCUT2D eigenvalue weighted by Crippen LogP contribution is -1.89. The molecule has 2 rings (SSSR count). The highest BCUT2D eigenvalue weighted by atomic mass is 14.9. The third-order valence-corrected chi connectivity index (χ3v) is 1.72. The summed E-state index contributed by atoms with van der Waals surface area (Å²) in [4.78, 5) is 7.05. The average Bonchev–Trinajstić information content (AvgIpc) is 2.59. The molecule has 0 spiro atoms. The minimum Gasteiger partial charge on any atom is -0.348 e. The number of nitrogens with one attached hydrogen (secondary N) is 1. The lowest BCUT2D eigenvalue weighted by molar-refractivity contribution is 1.02. The number of benzene rings is 1. The number of nitrogens with zero attached hydrogens (tertiary/aromatic N) is 1. The normalized spacial score (nSPS) is 10.0. The quantitative estimate of drug-likeness (QED) is 0.707. The Balaban J connectivity index is 2.15. The van der Waals surface area contributed by atoms with Crippen LogP contribution < -0.4 is 0 Å². The molecule has 0 unspecified atom stereocenters. The molecule has 2 heteroatoms. The van der Waals surface area contributed by atoms with Crippen molar-refractivity contribution in [1.82, 2.24) is 9.97 Å². The van der Waals surface area contributed by atoms with Gasteiger partial charge in [-0.3, -0.25) is 0 Å². The predicted octanol–water partition coefficient (Wildman–Crippen LogP) is 1.80. The van der Waals surface area contributed by atoms with Gasteiger partial charge in [0.05, 0.1) is 0 Å². The van der Waals surface area contributed by atoms with Crippen LogP contribution in [-0.4, -0.2) is 9.97 Å². The molecule has 2 nitrogen and oxygen atoms in total. The minimum atomic E-state index is 0.852. The summed E-state index contributed by atoms with van der Waals surface area (Å²) in [6, 6.07) is 10.2. The number of hydrogen-bond donors (Lipinski definition) is 1. The fourth-order valence-corrected chi connectivity index (χ4v) is 1.14. The highest BCUT2D eigenvalue weighted by molar-refractivity contribution is 5.18. The molecule has 0 amide bonds. The summed E-state index contributed by atoms with van der Waals surface area (Å²) < 4.78 is 0. The van der Waals surface area contributed by atoms with Gasteiger partial charge >= 0.3 is 0 Å². The zero-order chi connectivity index (χ0) is 8.23. The van der Waals surface area contributed by atoms with E-state index < -0.39 is 0 Å². The Hall–Kier alpha value is -1.57. The lowest BCUT2D eigenvalue weighted by atomic mass is 10.1. The van der Waals surface area contributed by atoms with E-state index in [-0.39, 0.29) is 0 Å². The van der Waals surface area contributed by atoms with Crippen molar-refractivity contribution in [2.75, 3.05) is 0 Å². The molecule has 1 aromatic heterocycles. The van der Waals surface area contributed by atoms with E-state index in [1.807, 2.05) is 18.2 Å². The third-order valence-electron chi connectivity index (χ3n) is 1.72. The molecule has 0 aliphatic rings. The van der Waals surface area contributed by atoms with Crippen molar-refractivity contribution in [2.45, 2.75) is 6.42 Å². The van der Waals surface area contributed by atoms with Gasteiger partial charge in [-0.25, -0.2) is 4.98 Å². The highest BCUT2D eigenvalue weighted by Gasteiger charge is 1.95. The Morgan fingerprint density at radius 3 is 2.75 bits per heavy atom. The summed E-state index contributed by atoms with van der Waals surface area (Å²) in [5, 5.41) is 0. The second-order valence-corrected chi connectivity index (χ2v) is 2.64. The second-order valence-electron chi connectivity index (χ2n) is 2.64. The van der Waals surface area contributed by atoms with Crippen molar-refractivity contribution in [1.29, 1.82) is 0 Å². The topological polar surface area (TPSA) is 28.7 Å². The SMILES string of the molecule is [c]1c[nH]c(Cc2ccccc2)n1. The maximum Gasteiger partial charge on any atom is 0.111 e. The molecule has 0 aliphatic heterocycles. The Labute approximate surface area is 71.3 Å². The van der Waals surface area contributed by atoms with Gasteiger partial charge in [0.25, 0.3) is 0 Å². The van der Waals surface area contributed by atoms with Crippen LogP contribution in [0.2, 0.25) is 0 Å². The summed E-state index contributed by atoms with van der Waals surface area (Å²) in [5.41, 5.74) is 1.26. The molecular weight excluding hydrogens is 148 g/mol. The van der Waals surface area contributed by atoms with Gasteiger partial charge in [-0.2, -0.15) is 0 Å². The molecule has 1 N–H and O–H groups in total. The van der Waals surface area contributed by atoms with Crippen LogP contribution in [0.15, 0.2) is 36.5 Å². The third kappa shape index (κ3) is 1.53. The lowest BCUT2D eigenvalue weighted by Gasteiger charge is -1.95. The molecule has 59 valence electrons. The van der Waals surface area contributed by atoms with E-state index in [4.69, 9.17) is 0 Å². The van der Waals surface area contributed by atoms with Gasteiger partial charge in [-0.1, -0.05) is 30.3 Å². The van der Waals surface area contributed by atoms with Gasteiger partial charge in [-0.15, -0.1) is 0 Å². The van der Waals surface area contributed by atoms with E-state index in [1.165, 1.54) is 5.56 Å².